The summed E-state index contributed by atoms with van der Waals surface area (Å²) in [5.74, 6) is 0. The van der Waals surface area contributed by atoms with E-state index in [2.05, 4.69) is 0 Å². The molecule has 1 heterocycles. The van der Waals surface area contributed by atoms with Crippen LogP contribution in [0.25, 0.3) is 0 Å². The third-order valence-corrected chi connectivity index (χ3v) is 3.88. The van der Waals surface area contributed by atoms with Crippen LogP contribution in [0.5, 0.6) is 0 Å². The highest BCUT2D eigenvalue weighted by Crippen LogP contribution is 2.35. The molecule has 1 amide bonds. The Morgan fingerprint density at radius 1 is 1.40 bits per heavy atom. The number of likely N-dealkylation sites (tertiary alicyclic amines) is 1. The number of nitrogens with zero attached hydrogens (tertiary/aromatic N) is 1. The molecule has 1 fully saturated rings. The van der Waals surface area contributed by atoms with Gasteiger partial charge in [0.1, 0.15) is 12.9 Å². The van der Waals surface area contributed by atoms with Crippen LogP contribution < -0.4 is 0 Å². The average molecular weight is 275 g/mol. The van der Waals surface area contributed by atoms with Crippen molar-refractivity contribution in [3.8, 4) is 0 Å². The molecule has 0 aliphatic carbocycles. The Kier molecular flexibility index (Phi) is 4.42. The Morgan fingerprint density at radius 3 is 2.75 bits per heavy atom. The molecule has 0 N–H and O–H groups in total. The number of rotatable bonds is 4. The Bertz CT molecular complexity index is 470. The van der Waals surface area contributed by atoms with Gasteiger partial charge in [-0.1, -0.05) is 30.3 Å². The first-order valence-electron chi connectivity index (χ1n) is 6.98. The molecule has 1 atom stereocenters. The highest BCUT2D eigenvalue weighted by Gasteiger charge is 2.43. The van der Waals surface area contributed by atoms with Gasteiger partial charge in [-0.2, -0.15) is 0 Å². The van der Waals surface area contributed by atoms with Crippen molar-refractivity contribution in [3.63, 3.8) is 0 Å². The third-order valence-electron chi connectivity index (χ3n) is 3.88. The first kappa shape index (κ1) is 14.6. The first-order chi connectivity index (χ1) is 9.54. The Morgan fingerprint density at radius 2 is 2.10 bits per heavy atom. The smallest absolute Gasteiger partial charge is 0.410 e. The van der Waals surface area contributed by atoms with Crippen LogP contribution in [0.2, 0.25) is 0 Å². The molecule has 0 radical (unpaired) electrons. The van der Waals surface area contributed by atoms with Gasteiger partial charge in [-0.05, 0) is 32.3 Å². The van der Waals surface area contributed by atoms with E-state index in [1.54, 1.807) is 4.90 Å². The lowest BCUT2D eigenvalue weighted by Crippen LogP contribution is -2.47. The predicted molar refractivity (Wildman–Crippen MR) is 76.2 cm³/mol. The number of carbonyl (C=O) groups is 2. The van der Waals surface area contributed by atoms with Crippen molar-refractivity contribution >= 4 is 12.4 Å². The van der Waals surface area contributed by atoms with Crippen LogP contribution in [0, 0.1) is 0 Å². The lowest BCUT2D eigenvalue weighted by atomic mass is 10.0. The minimum Gasteiger partial charge on any atom is -0.445 e. The Balaban J connectivity index is 2.00. The summed E-state index contributed by atoms with van der Waals surface area (Å²) in [6, 6.07) is 9.56. The fourth-order valence-corrected chi connectivity index (χ4v) is 2.78. The molecular weight excluding hydrogens is 254 g/mol. The highest BCUT2D eigenvalue weighted by atomic mass is 16.6. The van der Waals surface area contributed by atoms with E-state index in [-0.39, 0.29) is 24.3 Å². The molecular formula is C16H21NO3. The molecule has 108 valence electrons. The van der Waals surface area contributed by atoms with Crippen LogP contribution in [0.3, 0.4) is 0 Å². The number of aldehydes is 1. The molecule has 1 saturated heterocycles. The molecule has 0 aromatic heterocycles. The van der Waals surface area contributed by atoms with Gasteiger partial charge in [0.2, 0.25) is 0 Å². The second kappa shape index (κ2) is 6.07. The van der Waals surface area contributed by atoms with Gasteiger partial charge in [0, 0.05) is 18.0 Å². The van der Waals surface area contributed by atoms with E-state index in [4.69, 9.17) is 4.74 Å². The normalized spacial score (nSPS) is 20.7. The summed E-state index contributed by atoms with van der Waals surface area (Å²) >= 11 is 0. The topological polar surface area (TPSA) is 46.6 Å². The van der Waals surface area contributed by atoms with Crippen LogP contribution >= 0.6 is 0 Å². The van der Waals surface area contributed by atoms with Crippen molar-refractivity contribution in [2.24, 2.45) is 0 Å². The number of hydrogen-bond acceptors (Lipinski definition) is 3. The first-order valence-corrected chi connectivity index (χ1v) is 6.98. The molecule has 1 aromatic carbocycles. The molecule has 4 nitrogen and oxygen atoms in total. The maximum absolute atomic E-state index is 12.3. The quantitative estimate of drug-likeness (QED) is 0.793. The maximum Gasteiger partial charge on any atom is 0.410 e. The predicted octanol–water partition coefficient (Wildman–Crippen LogP) is 3.16. The van der Waals surface area contributed by atoms with Crippen molar-refractivity contribution in [3.05, 3.63) is 35.9 Å². The van der Waals surface area contributed by atoms with E-state index in [1.165, 1.54) is 0 Å². The van der Waals surface area contributed by atoms with Gasteiger partial charge in [-0.3, -0.25) is 4.90 Å². The highest BCUT2D eigenvalue weighted by molar-refractivity contribution is 5.70. The summed E-state index contributed by atoms with van der Waals surface area (Å²) in [4.78, 5) is 24.8. The zero-order valence-corrected chi connectivity index (χ0v) is 12.0. The van der Waals surface area contributed by atoms with Crippen molar-refractivity contribution in [2.45, 2.75) is 51.3 Å². The Labute approximate surface area is 119 Å². The minimum atomic E-state index is -0.330. The lowest BCUT2D eigenvalue weighted by Gasteiger charge is -2.34. The summed E-state index contributed by atoms with van der Waals surface area (Å²) in [5.41, 5.74) is 0.714. The molecule has 4 heteroatoms. The number of hydrogen-bond donors (Lipinski definition) is 0. The molecule has 2 rings (SSSR count). The van der Waals surface area contributed by atoms with E-state index in [0.717, 1.165) is 24.7 Å². The summed E-state index contributed by atoms with van der Waals surface area (Å²) in [7, 11) is 0. The zero-order valence-electron chi connectivity index (χ0n) is 12.0. The molecule has 1 unspecified atom stereocenters. The van der Waals surface area contributed by atoms with Gasteiger partial charge in [0.25, 0.3) is 0 Å². The van der Waals surface area contributed by atoms with Gasteiger partial charge in [0.05, 0.1) is 0 Å². The number of ether oxygens (including phenoxy) is 1. The SMILES string of the molecule is CC1(C)CCC(CC=O)N1C(=O)OCc1ccccc1. The molecule has 0 bridgehead atoms. The number of carbonyl (C=O) groups excluding carboxylic acids is 2. The zero-order chi connectivity index (χ0) is 14.6. The van der Waals surface area contributed by atoms with Gasteiger partial charge < -0.3 is 9.53 Å². The van der Waals surface area contributed by atoms with Gasteiger partial charge in [0.15, 0.2) is 0 Å². The number of benzene rings is 1. The van der Waals surface area contributed by atoms with E-state index < -0.39 is 0 Å². The summed E-state index contributed by atoms with van der Waals surface area (Å²) in [6.07, 6.45) is 2.68. The van der Waals surface area contributed by atoms with E-state index in [1.807, 2.05) is 44.2 Å². The summed E-state index contributed by atoms with van der Waals surface area (Å²) in [6.45, 7) is 4.29. The van der Waals surface area contributed by atoms with Crippen LogP contribution in [0.15, 0.2) is 30.3 Å². The maximum atomic E-state index is 12.3. The van der Waals surface area contributed by atoms with Crippen LogP contribution in [0.4, 0.5) is 4.79 Å². The molecule has 1 aromatic rings. The minimum absolute atomic E-state index is 0.0363. The van der Waals surface area contributed by atoms with Crippen molar-refractivity contribution in [2.75, 3.05) is 0 Å². The number of amides is 1. The lowest BCUT2D eigenvalue weighted by molar-refractivity contribution is -0.108. The second-order valence-electron chi connectivity index (χ2n) is 5.82. The molecule has 0 spiro atoms. The van der Waals surface area contributed by atoms with Crippen molar-refractivity contribution in [1.82, 2.24) is 4.90 Å². The van der Waals surface area contributed by atoms with Gasteiger partial charge in [-0.15, -0.1) is 0 Å². The van der Waals surface area contributed by atoms with Gasteiger partial charge >= 0.3 is 6.09 Å². The summed E-state index contributed by atoms with van der Waals surface area (Å²) in [5, 5.41) is 0. The average Bonchev–Trinajstić information content (AvgIpc) is 2.73. The van der Waals surface area contributed by atoms with Crippen LogP contribution in [0.1, 0.15) is 38.7 Å². The molecule has 20 heavy (non-hydrogen) atoms. The van der Waals surface area contributed by atoms with Crippen LogP contribution in [-0.2, 0) is 16.1 Å². The van der Waals surface area contributed by atoms with E-state index >= 15 is 0 Å². The van der Waals surface area contributed by atoms with E-state index in [9.17, 15) is 9.59 Å². The molecule has 0 saturated carbocycles. The van der Waals surface area contributed by atoms with E-state index in [0.29, 0.717) is 6.42 Å². The standard InChI is InChI=1S/C16H21NO3/c1-16(2)10-8-14(9-11-18)17(16)15(19)20-12-13-6-4-3-5-7-13/h3-7,11,14H,8-10,12H2,1-2H3. The van der Waals surface area contributed by atoms with Gasteiger partial charge in [-0.25, -0.2) is 4.79 Å². The van der Waals surface area contributed by atoms with Crippen molar-refractivity contribution in [1.29, 1.82) is 0 Å². The second-order valence-corrected chi connectivity index (χ2v) is 5.82. The van der Waals surface area contributed by atoms with Crippen LogP contribution in [-0.4, -0.2) is 28.9 Å². The summed E-state index contributed by atoms with van der Waals surface area (Å²) < 4.78 is 5.40. The monoisotopic (exact) mass is 275 g/mol. The fraction of sp³-hybridized carbons (Fsp3) is 0.500. The fourth-order valence-electron chi connectivity index (χ4n) is 2.78. The molecule has 1 aliphatic heterocycles. The van der Waals surface area contributed by atoms with Crippen molar-refractivity contribution < 1.29 is 14.3 Å². The largest absolute Gasteiger partial charge is 0.445 e. The molecule has 1 aliphatic rings. The Hall–Kier alpha value is -1.84. The third kappa shape index (κ3) is 3.18.